The van der Waals surface area contributed by atoms with Gasteiger partial charge in [0.15, 0.2) is 0 Å². The van der Waals surface area contributed by atoms with Crippen molar-refractivity contribution in [1.82, 2.24) is 0 Å². The van der Waals surface area contributed by atoms with Gasteiger partial charge in [-0.25, -0.2) is 4.79 Å². The molecule has 1 aliphatic carbocycles. The number of benzene rings is 1. The van der Waals surface area contributed by atoms with Gasteiger partial charge in [-0.2, -0.15) is 0 Å². The van der Waals surface area contributed by atoms with Gasteiger partial charge in [0, 0.05) is 6.42 Å². The summed E-state index contributed by atoms with van der Waals surface area (Å²) in [5, 5.41) is 0. The summed E-state index contributed by atoms with van der Waals surface area (Å²) < 4.78 is 11.5. The predicted molar refractivity (Wildman–Crippen MR) is 101 cm³/mol. The van der Waals surface area contributed by atoms with Crippen LogP contribution in [0, 0.1) is 11.3 Å². The largest absolute Gasteiger partial charge is 0.509 e. The van der Waals surface area contributed by atoms with Crippen LogP contribution in [0.2, 0.25) is 0 Å². The zero-order chi connectivity index (χ0) is 18.5. The van der Waals surface area contributed by atoms with Gasteiger partial charge in [-0.05, 0) is 49.5 Å². The predicted octanol–water partition coefficient (Wildman–Crippen LogP) is 6.24. The third kappa shape index (κ3) is 4.87. The second kappa shape index (κ2) is 8.07. The van der Waals surface area contributed by atoms with Crippen molar-refractivity contribution in [2.75, 3.05) is 0 Å². The van der Waals surface area contributed by atoms with Gasteiger partial charge in [-0.1, -0.05) is 57.2 Å². The zero-order valence-corrected chi connectivity index (χ0v) is 16.1. The summed E-state index contributed by atoms with van der Waals surface area (Å²) in [6, 6.07) is 9.77. The molecule has 0 amide bonds. The number of hydrogen-bond acceptors (Lipinski definition) is 3. The van der Waals surface area contributed by atoms with Crippen LogP contribution in [-0.4, -0.2) is 12.3 Å². The molecular weight excluding hydrogens is 312 g/mol. The lowest BCUT2D eigenvalue weighted by atomic mass is 9.67. The monoisotopic (exact) mass is 344 g/mol. The van der Waals surface area contributed by atoms with Crippen molar-refractivity contribution < 1.29 is 14.3 Å². The summed E-state index contributed by atoms with van der Waals surface area (Å²) in [7, 11) is 0. The lowest BCUT2D eigenvalue weighted by Crippen LogP contribution is -2.37. The molecule has 138 valence electrons. The van der Waals surface area contributed by atoms with Gasteiger partial charge in [-0.3, -0.25) is 0 Å². The molecule has 0 N–H and O–H groups in total. The van der Waals surface area contributed by atoms with Crippen molar-refractivity contribution in [2.45, 2.75) is 71.5 Å². The molecule has 3 nitrogen and oxygen atoms in total. The minimum absolute atomic E-state index is 0.0580. The second-order valence-corrected chi connectivity index (χ2v) is 8.09. The molecule has 2 rings (SSSR count). The van der Waals surface area contributed by atoms with Gasteiger partial charge in [0.2, 0.25) is 0 Å². The Bertz CT molecular complexity index is 580. The van der Waals surface area contributed by atoms with Crippen molar-refractivity contribution in [3.8, 4) is 0 Å². The molecule has 0 bridgehead atoms. The van der Waals surface area contributed by atoms with E-state index in [-0.39, 0.29) is 11.5 Å². The van der Waals surface area contributed by atoms with Crippen LogP contribution in [0.5, 0.6) is 0 Å². The molecule has 3 unspecified atom stereocenters. The Labute approximate surface area is 152 Å². The quantitative estimate of drug-likeness (QED) is 0.453. The number of carbonyl (C=O) groups excluding carboxylic acids is 1. The maximum absolute atomic E-state index is 12.5. The van der Waals surface area contributed by atoms with Crippen LogP contribution in [0.15, 0.2) is 43.0 Å². The highest BCUT2D eigenvalue weighted by Crippen LogP contribution is 2.43. The second-order valence-electron chi connectivity index (χ2n) is 8.09. The molecular formula is C22H32O3. The van der Waals surface area contributed by atoms with E-state index in [9.17, 15) is 4.79 Å². The lowest BCUT2D eigenvalue weighted by molar-refractivity contribution is -0.0642. The van der Waals surface area contributed by atoms with Crippen LogP contribution in [0.3, 0.4) is 0 Å². The fraction of sp³-hybridized carbons (Fsp3) is 0.591. The summed E-state index contributed by atoms with van der Waals surface area (Å²) in [6.07, 6.45) is 5.79. The first-order valence-corrected chi connectivity index (χ1v) is 9.35. The topological polar surface area (TPSA) is 35.5 Å². The molecule has 0 aliphatic heterocycles. The van der Waals surface area contributed by atoms with Gasteiger partial charge in [0.25, 0.3) is 0 Å². The van der Waals surface area contributed by atoms with Crippen LogP contribution in [0.1, 0.15) is 65.4 Å². The Balaban J connectivity index is 2.03. The first-order chi connectivity index (χ1) is 11.8. The van der Waals surface area contributed by atoms with Crippen molar-refractivity contribution >= 4 is 6.16 Å². The van der Waals surface area contributed by atoms with Crippen LogP contribution in [0.25, 0.3) is 0 Å². The number of hydrogen-bond donors (Lipinski definition) is 0. The van der Waals surface area contributed by atoms with Gasteiger partial charge in [0.05, 0.1) is 0 Å². The molecule has 1 fully saturated rings. The minimum Gasteiger partial charge on any atom is -0.431 e. The maximum atomic E-state index is 12.5. The Kier molecular flexibility index (Phi) is 6.31. The van der Waals surface area contributed by atoms with Gasteiger partial charge < -0.3 is 9.47 Å². The minimum atomic E-state index is -0.754. The van der Waals surface area contributed by atoms with E-state index in [0.717, 1.165) is 24.8 Å². The number of ether oxygens (including phenoxy) is 2. The summed E-state index contributed by atoms with van der Waals surface area (Å²) in [5.74, 6) is 0.574. The Hall–Kier alpha value is -1.77. The maximum Gasteiger partial charge on any atom is 0.509 e. The van der Waals surface area contributed by atoms with Gasteiger partial charge in [-0.15, -0.1) is 6.58 Å². The molecule has 0 radical (unpaired) electrons. The van der Waals surface area contributed by atoms with E-state index in [1.807, 2.05) is 37.3 Å². The molecule has 0 heterocycles. The number of rotatable bonds is 6. The standard InChI is InChI=1S/C22H32O3/c1-6-14-22(5,18-11-8-7-9-12-18)25-20(23)24-19-13-10-15-21(4,16-19)17(2)3/h6-9,11-12,17,19H,1,10,13-16H2,2-5H3. The van der Waals surface area contributed by atoms with Crippen LogP contribution < -0.4 is 0 Å². The lowest BCUT2D eigenvalue weighted by Gasteiger charge is -2.41. The molecule has 25 heavy (non-hydrogen) atoms. The van der Waals surface area contributed by atoms with E-state index in [1.54, 1.807) is 6.08 Å². The Morgan fingerprint density at radius 3 is 2.68 bits per heavy atom. The first-order valence-electron chi connectivity index (χ1n) is 9.35. The van der Waals surface area contributed by atoms with Crippen LogP contribution in [0.4, 0.5) is 4.79 Å². The van der Waals surface area contributed by atoms with Crippen LogP contribution >= 0.6 is 0 Å². The van der Waals surface area contributed by atoms with Crippen LogP contribution in [-0.2, 0) is 15.1 Å². The Morgan fingerprint density at radius 1 is 1.40 bits per heavy atom. The van der Waals surface area contributed by atoms with E-state index >= 15 is 0 Å². The van der Waals surface area contributed by atoms with Crippen molar-refractivity contribution in [1.29, 1.82) is 0 Å². The third-order valence-corrected chi connectivity index (χ3v) is 5.85. The van der Waals surface area contributed by atoms with Gasteiger partial charge in [0.1, 0.15) is 11.7 Å². The average Bonchev–Trinajstić information content (AvgIpc) is 2.55. The fourth-order valence-electron chi connectivity index (χ4n) is 3.71. The van der Waals surface area contributed by atoms with Crippen molar-refractivity contribution in [3.05, 3.63) is 48.6 Å². The summed E-state index contributed by atoms with van der Waals surface area (Å²) in [6.45, 7) is 12.5. The highest BCUT2D eigenvalue weighted by molar-refractivity contribution is 5.61. The van der Waals surface area contributed by atoms with E-state index < -0.39 is 11.8 Å². The molecule has 3 atom stereocenters. The highest BCUT2D eigenvalue weighted by Gasteiger charge is 2.38. The molecule has 1 aromatic rings. The fourth-order valence-corrected chi connectivity index (χ4v) is 3.71. The van der Waals surface area contributed by atoms with E-state index in [2.05, 4.69) is 27.4 Å². The molecule has 0 spiro atoms. The zero-order valence-electron chi connectivity index (χ0n) is 16.1. The molecule has 0 saturated heterocycles. The van der Waals surface area contributed by atoms with Crippen molar-refractivity contribution in [2.24, 2.45) is 11.3 Å². The summed E-state index contributed by atoms with van der Waals surface area (Å²) >= 11 is 0. The molecule has 1 aliphatic rings. The van der Waals surface area contributed by atoms with Crippen molar-refractivity contribution in [3.63, 3.8) is 0 Å². The first kappa shape index (κ1) is 19.6. The molecule has 1 aromatic carbocycles. The van der Waals surface area contributed by atoms with Gasteiger partial charge >= 0.3 is 6.16 Å². The number of carbonyl (C=O) groups is 1. The normalized spacial score (nSPS) is 25.9. The highest BCUT2D eigenvalue weighted by atomic mass is 16.7. The third-order valence-electron chi connectivity index (χ3n) is 5.85. The SMILES string of the molecule is C=CCC(C)(OC(=O)OC1CCCC(C)(C(C)C)C1)c1ccccc1. The van der Waals surface area contributed by atoms with E-state index in [1.165, 1.54) is 6.42 Å². The smallest absolute Gasteiger partial charge is 0.431 e. The molecule has 1 saturated carbocycles. The summed E-state index contributed by atoms with van der Waals surface area (Å²) in [4.78, 5) is 12.5. The molecule has 0 aromatic heterocycles. The average molecular weight is 344 g/mol. The Morgan fingerprint density at radius 2 is 2.08 bits per heavy atom. The molecule has 3 heteroatoms. The summed E-state index contributed by atoms with van der Waals surface area (Å²) in [5.41, 5.74) is 0.422. The van der Waals surface area contributed by atoms with E-state index in [4.69, 9.17) is 9.47 Å². The van der Waals surface area contributed by atoms with E-state index in [0.29, 0.717) is 12.3 Å².